The van der Waals surface area contributed by atoms with Crippen LogP contribution in [0.15, 0.2) is 48.5 Å². The van der Waals surface area contributed by atoms with Crippen LogP contribution in [0.2, 0.25) is 0 Å². The molecule has 10 nitrogen and oxygen atoms in total. The van der Waals surface area contributed by atoms with Crippen molar-refractivity contribution in [3.05, 3.63) is 81.0 Å². The number of aryl methyl sites for hydroxylation is 1. The molecule has 0 radical (unpaired) electrons. The van der Waals surface area contributed by atoms with Crippen molar-refractivity contribution in [2.75, 3.05) is 5.32 Å². The maximum Gasteiger partial charge on any atom is 0.269 e. The lowest BCUT2D eigenvalue weighted by molar-refractivity contribution is -0.384. The first-order chi connectivity index (χ1) is 16.8. The van der Waals surface area contributed by atoms with E-state index in [9.17, 15) is 24.5 Å². The van der Waals surface area contributed by atoms with Crippen molar-refractivity contribution in [3.63, 3.8) is 0 Å². The maximum absolute atomic E-state index is 13.1. The fourth-order valence-electron chi connectivity index (χ4n) is 4.76. The molecule has 1 saturated carbocycles. The summed E-state index contributed by atoms with van der Waals surface area (Å²) in [7, 11) is 0. The van der Waals surface area contributed by atoms with E-state index >= 15 is 0 Å². The van der Waals surface area contributed by atoms with Crippen LogP contribution in [0.5, 0.6) is 0 Å². The first-order valence-corrected chi connectivity index (χ1v) is 11.5. The number of carbonyl (C=O) groups is 3. The van der Waals surface area contributed by atoms with Gasteiger partial charge >= 0.3 is 0 Å². The van der Waals surface area contributed by atoms with Gasteiger partial charge in [-0.1, -0.05) is 19.3 Å². The van der Waals surface area contributed by atoms with Crippen LogP contribution in [0.25, 0.3) is 5.69 Å². The molecule has 0 unspecified atom stereocenters. The molecule has 35 heavy (non-hydrogen) atoms. The maximum atomic E-state index is 13.1. The van der Waals surface area contributed by atoms with E-state index in [4.69, 9.17) is 0 Å². The number of benzene rings is 2. The largest absolute Gasteiger partial charge is 0.306 e. The third kappa shape index (κ3) is 4.07. The number of hydrogen-bond acceptors (Lipinski definition) is 6. The van der Waals surface area contributed by atoms with Gasteiger partial charge < -0.3 is 5.32 Å². The van der Waals surface area contributed by atoms with E-state index in [1.165, 1.54) is 39.9 Å². The van der Waals surface area contributed by atoms with Gasteiger partial charge in [-0.2, -0.15) is 5.10 Å². The van der Waals surface area contributed by atoms with Crippen LogP contribution in [0.3, 0.4) is 0 Å². The Balaban J connectivity index is 1.39. The average Bonchev–Trinajstić information content (AvgIpc) is 3.35. The fourth-order valence-corrected chi connectivity index (χ4v) is 4.76. The normalized spacial score (nSPS) is 15.9. The molecule has 1 aliphatic heterocycles. The van der Waals surface area contributed by atoms with Crippen LogP contribution in [-0.2, 0) is 0 Å². The molecule has 0 atom stereocenters. The summed E-state index contributed by atoms with van der Waals surface area (Å²) in [6, 6.07) is 11.9. The second-order valence-electron chi connectivity index (χ2n) is 8.84. The Morgan fingerprint density at radius 1 is 1.00 bits per heavy atom. The molecule has 0 saturated heterocycles. The van der Waals surface area contributed by atoms with E-state index in [1.54, 1.807) is 25.1 Å². The molecule has 2 heterocycles. The smallest absolute Gasteiger partial charge is 0.269 e. The topological polar surface area (TPSA) is 127 Å². The zero-order valence-corrected chi connectivity index (χ0v) is 19.1. The Bertz CT molecular complexity index is 1360. The number of amides is 3. The molecule has 0 bridgehead atoms. The zero-order chi connectivity index (χ0) is 24.7. The van der Waals surface area contributed by atoms with Crippen molar-refractivity contribution in [3.8, 4) is 5.69 Å². The number of fused-ring (bicyclic) bond motifs is 1. The number of hydrogen-bond donors (Lipinski definition) is 1. The second-order valence-corrected chi connectivity index (χ2v) is 8.84. The van der Waals surface area contributed by atoms with E-state index < -0.39 is 10.8 Å². The monoisotopic (exact) mass is 473 g/mol. The van der Waals surface area contributed by atoms with Crippen molar-refractivity contribution < 1.29 is 19.3 Å². The van der Waals surface area contributed by atoms with E-state index in [0.717, 1.165) is 32.1 Å². The van der Waals surface area contributed by atoms with Gasteiger partial charge in [0.25, 0.3) is 23.4 Å². The minimum atomic E-state index is -0.490. The lowest BCUT2D eigenvalue weighted by Crippen LogP contribution is -2.40. The summed E-state index contributed by atoms with van der Waals surface area (Å²) in [6.07, 6.45) is 4.72. The first-order valence-electron chi connectivity index (χ1n) is 11.5. The van der Waals surface area contributed by atoms with Crippen LogP contribution in [0.1, 0.15) is 68.9 Å². The SMILES string of the molecule is Cc1cc(NC(=O)c2ccc3c(c2)C(=O)N(C2CCCCC2)C3=O)n(-c2ccc([N+](=O)[O-])cc2)n1. The number of rotatable bonds is 5. The predicted molar refractivity (Wildman–Crippen MR) is 127 cm³/mol. The molecule has 2 aliphatic rings. The van der Waals surface area contributed by atoms with Gasteiger partial charge in [0.15, 0.2) is 0 Å². The number of anilines is 1. The van der Waals surface area contributed by atoms with Gasteiger partial charge in [-0.05, 0) is 50.1 Å². The third-order valence-corrected chi connectivity index (χ3v) is 6.50. The molecule has 1 fully saturated rings. The fraction of sp³-hybridized carbons (Fsp3) is 0.280. The minimum Gasteiger partial charge on any atom is -0.306 e. The third-order valence-electron chi connectivity index (χ3n) is 6.50. The summed E-state index contributed by atoms with van der Waals surface area (Å²) in [4.78, 5) is 50.8. The molecule has 3 aromatic rings. The van der Waals surface area contributed by atoms with Gasteiger partial charge in [0.2, 0.25) is 0 Å². The number of imide groups is 1. The van der Waals surface area contributed by atoms with Crippen LogP contribution < -0.4 is 5.32 Å². The van der Waals surface area contributed by atoms with Gasteiger partial charge in [0.05, 0.1) is 27.4 Å². The van der Waals surface area contributed by atoms with Gasteiger partial charge in [-0.3, -0.25) is 29.4 Å². The highest BCUT2D eigenvalue weighted by Gasteiger charge is 2.40. The van der Waals surface area contributed by atoms with E-state index in [1.807, 2.05) is 0 Å². The number of nitro groups is 1. The number of nitrogens with one attached hydrogen (secondary N) is 1. The molecule has 0 spiro atoms. The summed E-state index contributed by atoms with van der Waals surface area (Å²) in [5.74, 6) is -0.741. The Morgan fingerprint density at radius 2 is 1.69 bits per heavy atom. The summed E-state index contributed by atoms with van der Waals surface area (Å²) in [5.41, 5.74) is 1.93. The second kappa shape index (κ2) is 8.79. The summed E-state index contributed by atoms with van der Waals surface area (Å²) < 4.78 is 1.48. The van der Waals surface area contributed by atoms with Crippen molar-refractivity contribution in [2.24, 2.45) is 0 Å². The number of aromatic nitrogens is 2. The molecule has 1 aromatic heterocycles. The lowest BCUT2D eigenvalue weighted by atomic mass is 9.94. The van der Waals surface area contributed by atoms with E-state index in [0.29, 0.717) is 22.8 Å². The highest BCUT2D eigenvalue weighted by atomic mass is 16.6. The van der Waals surface area contributed by atoms with E-state index in [-0.39, 0.29) is 34.7 Å². The number of nitro benzene ring substituents is 1. The number of non-ortho nitro benzene ring substituents is 1. The number of nitrogens with zero attached hydrogens (tertiary/aromatic N) is 4. The summed E-state index contributed by atoms with van der Waals surface area (Å²) >= 11 is 0. The lowest BCUT2D eigenvalue weighted by Gasteiger charge is -2.29. The van der Waals surface area contributed by atoms with Gasteiger partial charge in [0, 0.05) is 29.8 Å². The predicted octanol–water partition coefficient (Wildman–Crippen LogP) is 4.27. The Kier molecular flexibility index (Phi) is 5.64. The highest BCUT2D eigenvalue weighted by Crippen LogP contribution is 2.31. The molecule has 5 rings (SSSR count). The van der Waals surface area contributed by atoms with Gasteiger partial charge in [0.1, 0.15) is 5.82 Å². The first kappa shape index (κ1) is 22.5. The molecule has 178 valence electrons. The molecule has 10 heteroatoms. The van der Waals surface area contributed by atoms with Crippen LogP contribution in [-0.4, -0.2) is 43.4 Å². The average molecular weight is 473 g/mol. The van der Waals surface area contributed by atoms with Crippen molar-refractivity contribution in [1.82, 2.24) is 14.7 Å². The summed E-state index contributed by atoms with van der Waals surface area (Å²) in [5, 5.41) is 18.1. The minimum absolute atomic E-state index is 0.0529. The highest BCUT2D eigenvalue weighted by molar-refractivity contribution is 6.22. The zero-order valence-electron chi connectivity index (χ0n) is 19.1. The molecular formula is C25H23N5O5. The van der Waals surface area contributed by atoms with E-state index in [2.05, 4.69) is 10.4 Å². The van der Waals surface area contributed by atoms with Gasteiger partial charge in [-0.25, -0.2) is 4.68 Å². The standard InChI is InChI=1S/C25H23N5O5/c1-15-13-22(29(27-15)18-8-10-19(11-9-18)30(34)35)26-23(31)16-7-12-20-21(14-16)25(33)28(24(20)32)17-5-3-2-4-6-17/h7-14,17H,2-6H2,1H3,(H,26,31). The van der Waals surface area contributed by atoms with Crippen molar-refractivity contribution >= 4 is 29.2 Å². The molecular weight excluding hydrogens is 450 g/mol. The van der Waals surface area contributed by atoms with Crippen LogP contribution >= 0.6 is 0 Å². The number of carbonyl (C=O) groups excluding carboxylic acids is 3. The summed E-state index contributed by atoms with van der Waals surface area (Å²) in [6.45, 7) is 1.76. The van der Waals surface area contributed by atoms with Crippen molar-refractivity contribution in [1.29, 1.82) is 0 Å². The van der Waals surface area contributed by atoms with Gasteiger partial charge in [-0.15, -0.1) is 0 Å². The Morgan fingerprint density at radius 3 is 2.37 bits per heavy atom. The quantitative estimate of drug-likeness (QED) is 0.335. The molecule has 1 aliphatic carbocycles. The Labute approximate surface area is 200 Å². The Hall–Kier alpha value is -4.34. The van der Waals surface area contributed by atoms with Crippen LogP contribution in [0, 0.1) is 17.0 Å². The van der Waals surface area contributed by atoms with Crippen molar-refractivity contribution in [2.45, 2.75) is 45.1 Å². The van der Waals surface area contributed by atoms with Crippen LogP contribution in [0.4, 0.5) is 11.5 Å². The molecule has 1 N–H and O–H groups in total. The molecule has 3 amide bonds. The molecule has 2 aromatic carbocycles.